The summed E-state index contributed by atoms with van der Waals surface area (Å²) in [6.07, 6.45) is 1.16. The number of aromatic carboxylic acids is 1. The highest BCUT2D eigenvalue weighted by molar-refractivity contribution is 9.10. The Balaban J connectivity index is 2.81. The molecule has 0 fully saturated rings. The van der Waals surface area contributed by atoms with Crippen molar-refractivity contribution in [1.82, 2.24) is 0 Å². The molecule has 1 N–H and O–H groups in total. The van der Waals surface area contributed by atoms with Gasteiger partial charge in [-0.2, -0.15) is 0 Å². The lowest BCUT2D eigenvalue weighted by Crippen LogP contribution is -2.06. The van der Waals surface area contributed by atoms with E-state index < -0.39 is 15.8 Å². The summed E-state index contributed by atoms with van der Waals surface area (Å²) in [4.78, 5) is 11.6. The van der Waals surface area contributed by atoms with Crippen LogP contribution < -0.4 is 0 Å². The van der Waals surface area contributed by atoms with Gasteiger partial charge in [0.2, 0.25) is 0 Å². The molecule has 0 aliphatic carbocycles. The third-order valence-electron chi connectivity index (χ3n) is 1.88. The summed E-state index contributed by atoms with van der Waals surface area (Å²) in [5.41, 5.74) is 0.179. The molecule has 7 heteroatoms. The molecule has 0 aliphatic heterocycles. The van der Waals surface area contributed by atoms with Crippen LogP contribution in [0.4, 0.5) is 0 Å². The minimum Gasteiger partial charge on any atom is -0.478 e. The van der Waals surface area contributed by atoms with E-state index in [1.165, 1.54) is 17.8 Å². The Morgan fingerprint density at radius 3 is 2.65 bits per heavy atom. The standard InChI is InChI=1S/C10H11BrO4S2/c1-17(14,15)5-4-16-9-3-2-7(11)6-8(9)10(12)13/h2-3,6H,4-5H2,1H3,(H,12,13). The predicted molar refractivity (Wildman–Crippen MR) is 71.5 cm³/mol. The fourth-order valence-electron chi connectivity index (χ4n) is 1.10. The summed E-state index contributed by atoms with van der Waals surface area (Å²) in [5, 5.41) is 9.00. The van der Waals surface area contributed by atoms with Gasteiger partial charge in [-0.25, -0.2) is 13.2 Å². The summed E-state index contributed by atoms with van der Waals surface area (Å²) in [6, 6.07) is 4.90. The molecule has 0 amide bonds. The number of hydrogen-bond acceptors (Lipinski definition) is 4. The first-order valence-electron chi connectivity index (χ1n) is 4.63. The van der Waals surface area contributed by atoms with Crippen LogP contribution in [0.5, 0.6) is 0 Å². The van der Waals surface area contributed by atoms with Gasteiger partial charge in [-0.15, -0.1) is 11.8 Å². The van der Waals surface area contributed by atoms with Crippen molar-refractivity contribution >= 4 is 43.5 Å². The lowest BCUT2D eigenvalue weighted by Gasteiger charge is -2.05. The quantitative estimate of drug-likeness (QED) is 0.834. The van der Waals surface area contributed by atoms with E-state index >= 15 is 0 Å². The van der Waals surface area contributed by atoms with E-state index in [9.17, 15) is 13.2 Å². The first-order valence-corrected chi connectivity index (χ1v) is 8.47. The number of carboxylic acid groups (broad SMARTS) is 1. The van der Waals surface area contributed by atoms with Crippen molar-refractivity contribution < 1.29 is 18.3 Å². The van der Waals surface area contributed by atoms with E-state index in [4.69, 9.17) is 5.11 Å². The Labute approximate surface area is 112 Å². The monoisotopic (exact) mass is 338 g/mol. The van der Waals surface area contributed by atoms with E-state index in [1.807, 2.05) is 0 Å². The maximum atomic E-state index is 11.0. The molecule has 0 unspecified atom stereocenters. The average molecular weight is 339 g/mol. The van der Waals surface area contributed by atoms with Crippen molar-refractivity contribution in [3.05, 3.63) is 28.2 Å². The molecule has 4 nitrogen and oxygen atoms in total. The van der Waals surface area contributed by atoms with Crippen molar-refractivity contribution in [1.29, 1.82) is 0 Å². The van der Waals surface area contributed by atoms with Gasteiger partial charge in [0.1, 0.15) is 9.84 Å². The second-order valence-corrected chi connectivity index (χ2v) is 7.74. The number of benzene rings is 1. The second-order valence-electron chi connectivity index (χ2n) is 3.42. The fourth-order valence-corrected chi connectivity index (χ4v) is 3.69. The zero-order valence-corrected chi connectivity index (χ0v) is 12.2. The third-order valence-corrected chi connectivity index (χ3v) is 4.66. The van der Waals surface area contributed by atoms with Crippen molar-refractivity contribution in [3.63, 3.8) is 0 Å². The number of halogens is 1. The summed E-state index contributed by atoms with van der Waals surface area (Å²) in [6.45, 7) is 0. The molecule has 0 aromatic heterocycles. The predicted octanol–water partition coefficient (Wildman–Crippen LogP) is 2.28. The molecule has 1 rings (SSSR count). The summed E-state index contributed by atoms with van der Waals surface area (Å²) in [5.74, 6) is -0.638. The van der Waals surface area contributed by atoms with Crippen molar-refractivity contribution in [2.24, 2.45) is 0 Å². The molecular formula is C10H11BrO4S2. The number of carboxylic acids is 1. The van der Waals surface area contributed by atoms with E-state index in [0.717, 1.165) is 6.26 Å². The van der Waals surface area contributed by atoms with Crippen molar-refractivity contribution in [3.8, 4) is 0 Å². The van der Waals surface area contributed by atoms with Crippen molar-refractivity contribution in [2.75, 3.05) is 17.8 Å². The number of rotatable bonds is 5. The van der Waals surface area contributed by atoms with Crippen LogP contribution >= 0.6 is 27.7 Å². The third kappa shape index (κ3) is 5.10. The van der Waals surface area contributed by atoms with Gasteiger partial charge in [-0.05, 0) is 18.2 Å². The van der Waals surface area contributed by atoms with Gasteiger partial charge in [-0.3, -0.25) is 0 Å². The van der Waals surface area contributed by atoms with E-state index in [1.54, 1.807) is 12.1 Å². The minimum atomic E-state index is -3.01. The van der Waals surface area contributed by atoms with Crippen LogP contribution in [0, 0.1) is 0 Å². The molecule has 0 heterocycles. The molecule has 17 heavy (non-hydrogen) atoms. The zero-order chi connectivity index (χ0) is 13.1. The molecule has 0 saturated heterocycles. The highest BCUT2D eigenvalue weighted by Crippen LogP contribution is 2.26. The Kier molecular flexibility index (Phi) is 5.03. The first kappa shape index (κ1) is 14.5. The van der Waals surface area contributed by atoms with Gasteiger partial charge in [0.05, 0.1) is 11.3 Å². The van der Waals surface area contributed by atoms with Crippen LogP contribution in [0.3, 0.4) is 0 Å². The highest BCUT2D eigenvalue weighted by Gasteiger charge is 2.12. The molecule has 0 saturated carbocycles. The number of hydrogen-bond donors (Lipinski definition) is 1. The van der Waals surface area contributed by atoms with E-state index in [2.05, 4.69) is 15.9 Å². The maximum Gasteiger partial charge on any atom is 0.336 e. The molecule has 1 aromatic carbocycles. The largest absolute Gasteiger partial charge is 0.478 e. The smallest absolute Gasteiger partial charge is 0.336 e. The molecule has 0 radical (unpaired) electrons. The molecule has 1 aromatic rings. The van der Waals surface area contributed by atoms with E-state index in [-0.39, 0.29) is 11.3 Å². The van der Waals surface area contributed by atoms with E-state index in [0.29, 0.717) is 15.1 Å². The first-order chi connectivity index (χ1) is 7.79. The van der Waals surface area contributed by atoms with Crippen LogP contribution in [0.25, 0.3) is 0 Å². The number of carbonyl (C=O) groups is 1. The van der Waals surface area contributed by atoms with Gasteiger partial charge in [-0.1, -0.05) is 15.9 Å². The van der Waals surface area contributed by atoms with Gasteiger partial charge in [0.25, 0.3) is 0 Å². The fraction of sp³-hybridized carbons (Fsp3) is 0.300. The number of thioether (sulfide) groups is 1. The molecule has 0 spiro atoms. The minimum absolute atomic E-state index is 0.0345. The Bertz CT molecular complexity index is 525. The molecule has 0 bridgehead atoms. The van der Waals surface area contributed by atoms with Gasteiger partial charge in [0, 0.05) is 21.4 Å². The van der Waals surface area contributed by atoms with Crippen LogP contribution in [0.1, 0.15) is 10.4 Å². The summed E-state index contributed by atoms with van der Waals surface area (Å²) < 4.78 is 22.6. The van der Waals surface area contributed by atoms with Gasteiger partial charge >= 0.3 is 5.97 Å². The van der Waals surface area contributed by atoms with Crippen LogP contribution in [-0.4, -0.2) is 37.3 Å². The SMILES string of the molecule is CS(=O)(=O)CCSc1ccc(Br)cc1C(=O)O. The normalized spacial score (nSPS) is 11.4. The second kappa shape index (κ2) is 5.88. The molecule has 0 aliphatic rings. The summed E-state index contributed by atoms with van der Waals surface area (Å²) >= 11 is 4.43. The van der Waals surface area contributed by atoms with Crippen molar-refractivity contribution in [2.45, 2.75) is 4.90 Å². The van der Waals surface area contributed by atoms with Gasteiger partial charge in [0.15, 0.2) is 0 Å². The average Bonchev–Trinajstić information content (AvgIpc) is 2.18. The topological polar surface area (TPSA) is 71.4 Å². The molecule has 94 valence electrons. The Hall–Kier alpha value is -0.530. The zero-order valence-electron chi connectivity index (χ0n) is 9.01. The highest BCUT2D eigenvalue weighted by atomic mass is 79.9. The lowest BCUT2D eigenvalue weighted by molar-refractivity contribution is 0.0693. The molecular weight excluding hydrogens is 328 g/mol. The summed E-state index contributed by atoms with van der Waals surface area (Å²) in [7, 11) is -3.01. The van der Waals surface area contributed by atoms with Gasteiger partial charge < -0.3 is 5.11 Å². The van der Waals surface area contributed by atoms with Crippen LogP contribution in [0.15, 0.2) is 27.6 Å². The molecule has 0 atom stereocenters. The maximum absolute atomic E-state index is 11.0. The van der Waals surface area contributed by atoms with Crippen LogP contribution in [0.2, 0.25) is 0 Å². The Morgan fingerprint density at radius 1 is 1.47 bits per heavy atom. The lowest BCUT2D eigenvalue weighted by atomic mass is 10.2. The van der Waals surface area contributed by atoms with Crippen LogP contribution in [-0.2, 0) is 9.84 Å². The number of sulfone groups is 1. The Morgan fingerprint density at radius 2 is 2.12 bits per heavy atom.